The fraction of sp³-hybridized carbons (Fsp3) is 0.350. The molecule has 4 rings (SSSR count). The van der Waals surface area contributed by atoms with E-state index in [9.17, 15) is 9.18 Å². The van der Waals surface area contributed by atoms with E-state index in [1.54, 1.807) is 6.07 Å². The number of hydrogen-bond donors (Lipinski definition) is 1. The van der Waals surface area contributed by atoms with E-state index in [1.165, 1.54) is 19.2 Å². The highest BCUT2D eigenvalue weighted by Gasteiger charge is 2.46. The number of nitrogens with one attached hydrogen (secondary N) is 1. The van der Waals surface area contributed by atoms with Gasteiger partial charge in [0.15, 0.2) is 11.6 Å². The molecule has 26 heavy (non-hydrogen) atoms. The minimum Gasteiger partial charge on any atom is -0.494 e. The Bertz CT molecular complexity index is 787. The van der Waals surface area contributed by atoms with Gasteiger partial charge in [-0.15, -0.1) is 12.4 Å². The quantitative estimate of drug-likeness (QED) is 0.893. The van der Waals surface area contributed by atoms with Crippen molar-refractivity contribution in [2.45, 2.75) is 6.04 Å². The van der Waals surface area contributed by atoms with Gasteiger partial charge in [-0.25, -0.2) is 4.39 Å². The lowest BCUT2D eigenvalue weighted by Gasteiger charge is -2.28. The standard InChI is InChI=1S/C20H21FN2O2.ClH/c1-25-18-8-7-14(9-17(18)21)20(24)23-12-15-10-22-11-16(15)19(23)13-5-3-2-4-6-13;/h2-9,15-16,19,22H,10-12H2,1H3;1H/t15-,16-,19+;/m0./s1. The maximum Gasteiger partial charge on any atom is 0.254 e. The van der Waals surface area contributed by atoms with Gasteiger partial charge >= 0.3 is 0 Å². The van der Waals surface area contributed by atoms with Crippen LogP contribution in [0, 0.1) is 17.7 Å². The molecule has 0 saturated carbocycles. The van der Waals surface area contributed by atoms with E-state index in [2.05, 4.69) is 17.4 Å². The van der Waals surface area contributed by atoms with Crippen LogP contribution in [0.25, 0.3) is 0 Å². The summed E-state index contributed by atoms with van der Waals surface area (Å²) in [5.74, 6) is 0.362. The summed E-state index contributed by atoms with van der Waals surface area (Å²) in [7, 11) is 1.42. The number of likely N-dealkylation sites (tertiary alicyclic amines) is 1. The third-order valence-corrected chi connectivity index (χ3v) is 5.37. The van der Waals surface area contributed by atoms with Gasteiger partial charge in [0.1, 0.15) is 0 Å². The maximum atomic E-state index is 14.0. The second-order valence-electron chi connectivity index (χ2n) is 6.74. The lowest BCUT2D eigenvalue weighted by molar-refractivity contribution is 0.0713. The molecule has 1 amide bonds. The molecule has 138 valence electrons. The zero-order chi connectivity index (χ0) is 17.4. The van der Waals surface area contributed by atoms with E-state index in [0.29, 0.717) is 23.9 Å². The van der Waals surface area contributed by atoms with Crippen LogP contribution in [-0.4, -0.2) is 37.6 Å². The first-order chi connectivity index (χ1) is 12.2. The SMILES string of the molecule is COc1ccc(C(=O)N2C[C@@H]3CNC[C@@H]3[C@H]2c2ccccc2)cc1F.Cl. The summed E-state index contributed by atoms with van der Waals surface area (Å²) >= 11 is 0. The average molecular weight is 377 g/mol. The van der Waals surface area contributed by atoms with Gasteiger partial charge < -0.3 is 15.0 Å². The molecular formula is C20H22ClFN2O2. The number of benzene rings is 2. The van der Waals surface area contributed by atoms with Crippen molar-refractivity contribution in [1.82, 2.24) is 10.2 Å². The summed E-state index contributed by atoms with van der Waals surface area (Å²) in [4.78, 5) is 15.0. The number of carbonyl (C=O) groups excluding carboxylic acids is 1. The van der Waals surface area contributed by atoms with E-state index in [-0.39, 0.29) is 30.1 Å². The highest BCUT2D eigenvalue weighted by molar-refractivity contribution is 5.95. The Balaban J connectivity index is 0.00000196. The van der Waals surface area contributed by atoms with Crippen molar-refractivity contribution in [1.29, 1.82) is 0 Å². The van der Waals surface area contributed by atoms with E-state index in [1.807, 2.05) is 23.1 Å². The summed E-state index contributed by atoms with van der Waals surface area (Å²) in [6, 6.07) is 14.6. The van der Waals surface area contributed by atoms with E-state index >= 15 is 0 Å². The molecule has 2 heterocycles. The molecular weight excluding hydrogens is 355 g/mol. The van der Waals surface area contributed by atoms with E-state index < -0.39 is 5.82 Å². The summed E-state index contributed by atoms with van der Waals surface area (Å²) in [6.45, 7) is 2.53. The Morgan fingerprint density at radius 3 is 2.65 bits per heavy atom. The predicted octanol–water partition coefficient (Wildman–Crippen LogP) is 3.29. The molecule has 3 atom stereocenters. The van der Waals surface area contributed by atoms with Gasteiger partial charge in [0.2, 0.25) is 0 Å². The number of fused-ring (bicyclic) bond motifs is 1. The zero-order valence-electron chi connectivity index (χ0n) is 14.5. The van der Waals surface area contributed by atoms with Gasteiger partial charge in [0, 0.05) is 31.1 Å². The molecule has 2 fully saturated rings. The fourth-order valence-electron chi connectivity index (χ4n) is 4.17. The third kappa shape index (κ3) is 3.17. The maximum absolute atomic E-state index is 14.0. The molecule has 0 aromatic heterocycles. The summed E-state index contributed by atoms with van der Waals surface area (Å²) in [5, 5.41) is 3.43. The van der Waals surface area contributed by atoms with Gasteiger partial charge in [-0.1, -0.05) is 30.3 Å². The number of rotatable bonds is 3. The van der Waals surface area contributed by atoms with Crippen LogP contribution in [-0.2, 0) is 0 Å². The van der Waals surface area contributed by atoms with E-state index in [0.717, 1.165) is 18.7 Å². The smallest absolute Gasteiger partial charge is 0.254 e. The highest BCUT2D eigenvalue weighted by Crippen LogP contribution is 2.43. The first-order valence-electron chi connectivity index (χ1n) is 8.59. The lowest BCUT2D eigenvalue weighted by atomic mass is 9.89. The second-order valence-corrected chi connectivity index (χ2v) is 6.74. The van der Waals surface area contributed by atoms with Crippen LogP contribution in [0.4, 0.5) is 4.39 Å². The van der Waals surface area contributed by atoms with E-state index in [4.69, 9.17) is 4.74 Å². The molecule has 2 saturated heterocycles. The van der Waals surface area contributed by atoms with Crippen molar-refractivity contribution in [3.8, 4) is 5.75 Å². The van der Waals surface area contributed by atoms with Gasteiger partial charge in [0.25, 0.3) is 5.91 Å². The number of hydrogen-bond acceptors (Lipinski definition) is 3. The Hall–Kier alpha value is -2.11. The first kappa shape index (κ1) is 18.7. The molecule has 0 spiro atoms. The molecule has 4 nitrogen and oxygen atoms in total. The zero-order valence-corrected chi connectivity index (χ0v) is 15.3. The molecule has 0 aliphatic carbocycles. The Morgan fingerprint density at radius 2 is 1.96 bits per heavy atom. The number of carbonyl (C=O) groups is 1. The van der Waals surface area contributed by atoms with Gasteiger partial charge in [0.05, 0.1) is 13.2 Å². The van der Waals surface area contributed by atoms with Crippen molar-refractivity contribution in [3.63, 3.8) is 0 Å². The topological polar surface area (TPSA) is 41.6 Å². The molecule has 2 aliphatic heterocycles. The predicted molar refractivity (Wildman–Crippen MR) is 100 cm³/mol. The van der Waals surface area contributed by atoms with Crippen LogP contribution in [0.1, 0.15) is 22.0 Å². The summed E-state index contributed by atoms with van der Waals surface area (Å²) in [6.07, 6.45) is 0. The van der Waals surface area contributed by atoms with Crippen LogP contribution in [0.5, 0.6) is 5.75 Å². The minimum absolute atomic E-state index is 0. The second kappa shape index (κ2) is 7.64. The molecule has 2 aromatic rings. The normalized spacial score (nSPS) is 24.1. The largest absolute Gasteiger partial charge is 0.494 e. The highest BCUT2D eigenvalue weighted by atomic mass is 35.5. The summed E-state index contributed by atoms with van der Waals surface area (Å²) in [5.41, 5.74) is 1.51. The van der Waals surface area contributed by atoms with Crippen LogP contribution in [0.3, 0.4) is 0 Å². The van der Waals surface area contributed by atoms with Gasteiger partial charge in [-0.05, 0) is 29.7 Å². The Morgan fingerprint density at radius 1 is 1.19 bits per heavy atom. The average Bonchev–Trinajstić information content (AvgIpc) is 3.22. The van der Waals surface area contributed by atoms with Crippen molar-refractivity contribution in [3.05, 3.63) is 65.5 Å². The number of methoxy groups -OCH3 is 1. The molecule has 2 aliphatic rings. The van der Waals surface area contributed by atoms with Crippen LogP contribution >= 0.6 is 12.4 Å². The molecule has 0 bridgehead atoms. The fourth-order valence-corrected chi connectivity index (χ4v) is 4.17. The first-order valence-corrected chi connectivity index (χ1v) is 8.59. The Kier molecular flexibility index (Phi) is 5.49. The number of amides is 1. The number of nitrogens with zero attached hydrogens (tertiary/aromatic N) is 1. The molecule has 2 aromatic carbocycles. The van der Waals surface area contributed by atoms with Crippen LogP contribution in [0.2, 0.25) is 0 Å². The monoisotopic (exact) mass is 376 g/mol. The number of halogens is 2. The molecule has 1 N–H and O–H groups in total. The number of ether oxygens (including phenoxy) is 1. The molecule has 0 radical (unpaired) electrons. The third-order valence-electron chi connectivity index (χ3n) is 5.37. The molecule has 0 unspecified atom stereocenters. The lowest BCUT2D eigenvalue weighted by Crippen LogP contribution is -2.34. The van der Waals surface area contributed by atoms with Crippen molar-refractivity contribution in [2.75, 3.05) is 26.7 Å². The van der Waals surface area contributed by atoms with Crippen LogP contribution < -0.4 is 10.1 Å². The van der Waals surface area contributed by atoms with Crippen molar-refractivity contribution in [2.24, 2.45) is 11.8 Å². The Labute approximate surface area is 158 Å². The minimum atomic E-state index is -0.509. The summed E-state index contributed by atoms with van der Waals surface area (Å²) < 4.78 is 19.0. The van der Waals surface area contributed by atoms with Crippen molar-refractivity contribution < 1.29 is 13.9 Å². The molecule has 6 heteroatoms. The van der Waals surface area contributed by atoms with Gasteiger partial charge in [-0.3, -0.25) is 4.79 Å². The van der Waals surface area contributed by atoms with Crippen LogP contribution in [0.15, 0.2) is 48.5 Å². The van der Waals surface area contributed by atoms with Gasteiger partial charge in [-0.2, -0.15) is 0 Å². The van der Waals surface area contributed by atoms with Crippen molar-refractivity contribution >= 4 is 18.3 Å².